The first kappa shape index (κ1) is 23.8. The number of carbonyl (C=O) groups is 1. The number of anilines is 1. The monoisotopic (exact) mass is 504 g/mol. The minimum Gasteiger partial charge on any atom is -0.508 e. The molecule has 0 saturated carbocycles. The summed E-state index contributed by atoms with van der Waals surface area (Å²) < 4.78 is 0. The average Bonchev–Trinajstić information content (AvgIpc) is 2.81. The average molecular weight is 505 g/mol. The van der Waals surface area contributed by atoms with Gasteiger partial charge >= 0.3 is 0 Å². The van der Waals surface area contributed by atoms with Crippen LogP contribution in [-0.2, 0) is 10.5 Å². The molecule has 2 heterocycles. The number of non-ortho nitro benzene ring substituents is 1. The maximum Gasteiger partial charge on any atom is 0.269 e. The summed E-state index contributed by atoms with van der Waals surface area (Å²) in [4.78, 5) is 44.6. The van der Waals surface area contributed by atoms with Gasteiger partial charge in [0.15, 0.2) is 10.9 Å². The van der Waals surface area contributed by atoms with Crippen LogP contribution in [0.2, 0.25) is 0 Å². The number of aromatic nitrogens is 2. The lowest BCUT2D eigenvalue weighted by Crippen LogP contribution is -2.37. The number of ketones is 1. The maximum absolute atomic E-state index is 13.4. The number of phenolic OH excluding ortho intramolecular Hbond substituents is 1. The zero-order chi connectivity index (χ0) is 25.6. The normalized spacial score (nSPS) is 18.3. The SMILES string of the molecule is CC1(C)CC(=O)C2=C(C1)Nc1nc(SCc3ccc([N+](=O)[O-])cc3)[nH]c(=O)c1[C@@H]2c1cccc(O)c1. The Morgan fingerprint density at radius 3 is 2.61 bits per heavy atom. The third-order valence-electron chi connectivity index (χ3n) is 6.43. The molecule has 0 amide bonds. The first-order valence-electron chi connectivity index (χ1n) is 11.4. The predicted molar refractivity (Wildman–Crippen MR) is 136 cm³/mol. The smallest absolute Gasteiger partial charge is 0.269 e. The molecule has 1 aliphatic carbocycles. The van der Waals surface area contributed by atoms with E-state index in [-0.39, 0.29) is 28.2 Å². The first-order chi connectivity index (χ1) is 17.1. The number of nitrogens with zero attached hydrogens (tertiary/aromatic N) is 2. The van der Waals surface area contributed by atoms with E-state index in [0.29, 0.717) is 46.3 Å². The van der Waals surface area contributed by atoms with Gasteiger partial charge in [-0.3, -0.25) is 19.7 Å². The van der Waals surface area contributed by atoms with Gasteiger partial charge in [-0.25, -0.2) is 4.98 Å². The van der Waals surface area contributed by atoms with Crippen molar-refractivity contribution < 1.29 is 14.8 Å². The molecule has 0 spiro atoms. The van der Waals surface area contributed by atoms with Crippen molar-refractivity contribution in [2.75, 3.05) is 5.32 Å². The van der Waals surface area contributed by atoms with Crippen molar-refractivity contribution in [1.29, 1.82) is 0 Å². The molecule has 184 valence electrons. The number of nitro groups is 1. The molecule has 0 fully saturated rings. The van der Waals surface area contributed by atoms with Crippen molar-refractivity contribution in [3.8, 4) is 5.75 Å². The number of nitrogens with one attached hydrogen (secondary N) is 2. The number of benzene rings is 2. The fraction of sp³-hybridized carbons (Fsp3) is 0.269. The van der Waals surface area contributed by atoms with Gasteiger partial charge in [-0.2, -0.15) is 0 Å². The molecule has 36 heavy (non-hydrogen) atoms. The Hall–Kier alpha value is -3.92. The molecule has 0 radical (unpaired) electrons. The number of nitro benzene ring substituents is 1. The Morgan fingerprint density at radius 2 is 1.92 bits per heavy atom. The molecule has 3 aromatic rings. The minimum absolute atomic E-state index is 0.0142. The van der Waals surface area contributed by atoms with Gasteiger partial charge in [0.25, 0.3) is 11.2 Å². The largest absolute Gasteiger partial charge is 0.508 e. The minimum atomic E-state index is -0.642. The van der Waals surface area contributed by atoms with Gasteiger partial charge in [-0.1, -0.05) is 49.9 Å². The second-order valence-electron chi connectivity index (χ2n) is 9.83. The van der Waals surface area contributed by atoms with Gasteiger partial charge in [-0.05, 0) is 35.1 Å². The first-order valence-corrected chi connectivity index (χ1v) is 12.4. The van der Waals surface area contributed by atoms with Gasteiger partial charge in [0.1, 0.15) is 11.6 Å². The predicted octanol–water partition coefficient (Wildman–Crippen LogP) is 4.88. The van der Waals surface area contributed by atoms with Gasteiger partial charge in [-0.15, -0.1) is 0 Å². The van der Waals surface area contributed by atoms with E-state index in [1.165, 1.54) is 23.9 Å². The van der Waals surface area contributed by atoms with Crippen molar-refractivity contribution in [2.24, 2.45) is 5.41 Å². The van der Waals surface area contributed by atoms with Gasteiger partial charge in [0, 0.05) is 41.5 Å². The molecule has 10 heteroatoms. The number of Topliss-reactive ketones (excluding diaryl/α,β-unsaturated/α-hetero) is 1. The molecule has 0 bridgehead atoms. The standard InChI is InChI=1S/C26H24N4O5S/c1-26(2)11-18-21(19(32)12-26)20(15-4-3-5-17(31)10-15)22-23(27-18)28-25(29-24(22)33)36-13-14-6-8-16(9-7-14)30(34)35/h3-10,20,31H,11-13H2,1-2H3,(H2,27,28,29,33)/t20-/m1/s1. The van der Waals surface area contributed by atoms with Crippen LogP contribution >= 0.6 is 11.8 Å². The summed E-state index contributed by atoms with van der Waals surface area (Å²) in [7, 11) is 0. The Kier molecular flexibility index (Phi) is 5.91. The van der Waals surface area contributed by atoms with Gasteiger partial charge in [0.2, 0.25) is 0 Å². The quantitative estimate of drug-likeness (QED) is 0.193. The molecule has 3 N–H and O–H groups in total. The van der Waals surface area contributed by atoms with E-state index >= 15 is 0 Å². The van der Waals surface area contributed by atoms with Gasteiger partial charge in [0.05, 0.1) is 10.5 Å². The Morgan fingerprint density at radius 1 is 1.17 bits per heavy atom. The highest BCUT2D eigenvalue weighted by Gasteiger charge is 2.42. The fourth-order valence-electron chi connectivity index (χ4n) is 4.86. The van der Waals surface area contributed by atoms with Crippen molar-refractivity contribution in [1.82, 2.24) is 9.97 Å². The number of H-pyrrole nitrogens is 1. The Labute approximate surface area is 210 Å². The maximum atomic E-state index is 13.4. The summed E-state index contributed by atoms with van der Waals surface area (Å²) in [5, 5.41) is 24.7. The number of rotatable bonds is 5. The van der Waals surface area contributed by atoms with Crippen LogP contribution in [0, 0.1) is 15.5 Å². The highest BCUT2D eigenvalue weighted by Crippen LogP contribution is 2.48. The molecule has 2 aliphatic rings. The second kappa shape index (κ2) is 8.94. The third kappa shape index (κ3) is 4.51. The molecule has 1 aliphatic heterocycles. The molecular formula is C26H24N4O5S. The van der Waals surface area contributed by atoms with Crippen molar-refractivity contribution in [3.63, 3.8) is 0 Å². The van der Waals surface area contributed by atoms with E-state index in [1.807, 2.05) is 13.8 Å². The molecule has 5 rings (SSSR count). The number of fused-ring (bicyclic) bond motifs is 1. The topological polar surface area (TPSA) is 138 Å². The van der Waals surface area contributed by atoms with Crippen LogP contribution in [0.1, 0.15) is 49.3 Å². The lowest BCUT2D eigenvalue weighted by atomic mass is 9.69. The number of carbonyl (C=O) groups excluding carboxylic acids is 1. The zero-order valence-electron chi connectivity index (χ0n) is 19.7. The summed E-state index contributed by atoms with van der Waals surface area (Å²) in [5.41, 5.74) is 2.55. The number of aromatic hydroxyl groups is 1. The summed E-state index contributed by atoms with van der Waals surface area (Å²) >= 11 is 1.30. The van der Waals surface area contributed by atoms with E-state index in [0.717, 1.165) is 11.3 Å². The van der Waals surface area contributed by atoms with Crippen LogP contribution < -0.4 is 10.9 Å². The van der Waals surface area contributed by atoms with Crippen LogP contribution in [0.25, 0.3) is 0 Å². The van der Waals surface area contributed by atoms with E-state index < -0.39 is 10.8 Å². The molecule has 9 nitrogen and oxygen atoms in total. The summed E-state index contributed by atoms with van der Waals surface area (Å²) in [5.74, 6) is 0.232. The van der Waals surface area contributed by atoms with Crippen LogP contribution in [-0.4, -0.2) is 25.8 Å². The zero-order valence-corrected chi connectivity index (χ0v) is 20.5. The highest BCUT2D eigenvalue weighted by molar-refractivity contribution is 7.98. The molecular weight excluding hydrogens is 480 g/mol. The van der Waals surface area contributed by atoms with Crippen LogP contribution in [0.5, 0.6) is 5.75 Å². The lowest BCUT2D eigenvalue weighted by molar-refractivity contribution is -0.384. The number of aromatic amines is 1. The Balaban J connectivity index is 1.53. The highest BCUT2D eigenvalue weighted by atomic mass is 32.2. The summed E-state index contributed by atoms with van der Waals surface area (Å²) in [6.07, 6.45) is 0.995. The number of phenols is 1. The molecule has 0 unspecified atom stereocenters. The third-order valence-corrected chi connectivity index (χ3v) is 7.37. The molecule has 2 aromatic carbocycles. The lowest BCUT2D eigenvalue weighted by Gasteiger charge is -2.38. The number of thioether (sulfide) groups is 1. The molecule has 1 atom stereocenters. The molecule has 1 aromatic heterocycles. The Bertz CT molecular complexity index is 1480. The number of allylic oxidation sites excluding steroid dienone is 2. The van der Waals surface area contributed by atoms with E-state index in [1.54, 1.807) is 36.4 Å². The van der Waals surface area contributed by atoms with Crippen molar-refractivity contribution in [2.45, 2.75) is 43.5 Å². The van der Waals surface area contributed by atoms with Crippen molar-refractivity contribution in [3.05, 3.63) is 97.0 Å². The number of hydrogen-bond donors (Lipinski definition) is 3. The van der Waals surface area contributed by atoms with Crippen molar-refractivity contribution >= 4 is 29.1 Å². The van der Waals surface area contributed by atoms with Crippen LogP contribution in [0.15, 0.2) is 69.8 Å². The van der Waals surface area contributed by atoms with Crippen LogP contribution in [0.4, 0.5) is 11.5 Å². The summed E-state index contributed by atoms with van der Waals surface area (Å²) in [6.45, 7) is 4.07. The van der Waals surface area contributed by atoms with E-state index in [2.05, 4.69) is 15.3 Å². The second-order valence-corrected chi connectivity index (χ2v) is 10.8. The molecule has 0 saturated heterocycles. The van der Waals surface area contributed by atoms with Gasteiger partial charge < -0.3 is 15.4 Å². The number of hydrogen-bond acceptors (Lipinski definition) is 8. The van der Waals surface area contributed by atoms with E-state index in [9.17, 15) is 24.8 Å². The van der Waals surface area contributed by atoms with E-state index in [4.69, 9.17) is 0 Å². The fourth-order valence-corrected chi connectivity index (χ4v) is 5.68. The van der Waals surface area contributed by atoms with Crippen LogP contribution in [0.3, 0.4) is 0 Å². The summed E-state index contributed by atoms with van der Waals surface area (Å²) in [6, 6.07) is 12.8.